The van der Waals surface area contributed by atoms with Gasteiger partial charge < -0.3 is 15.3 Å². The number of H-pyrrole nitrogens is 1. The zero-order valence-electron chi connectivity index (χ0n) is 17.5. The molecule has 2 fully saturated rings. The molecule has 1 aliphatic heterocycles. The first-order valence-electron chi connectivity index (χ1n) is 10.7. The number of nitriles is 1. The first kappa shape index (κ1) is 21.2. The highest BCUT2D eigenvalue weighted by Gasteiger charge is 2.39. The summed E-state index contributed by atoms with van der Waals surface area (Å²) in [5, 5.41) is 29.7. The summed E-state index contributed by atoms with van der Waals surface area (Å²) in [5.41, 5.74) is 0.791. The molecule has 3 aromatic rings. The molecule has 3 heterocycles. The van der Waals surface area contributed by atoms with E-state index >= 15 is 0 Å². The lowest BCUT2D eigenvalue weighted by Gasteiger charge is -2.25. The maximum absolute atomic E-state index is 14.5. The molecule has 0 bridgehead atoms. The van der Waals surface area contributed by atoms with E-state index < -0.39 is 30.0 Å². The molecule has 2 aromatic heterocycles. The molecule has 0 radical (unpaired) electrons. The monoisotopic (exact) mass is 453 g/mol. The number of halogens is 2. The summed E-state index contributed by atoms with van der Waals surface area (Å²) in [5.74, 6) is -0.802. The number of aliphatic hydroxyl groups is 1. The third-order valence-electron chi connectivity index (χ3n) is 6.31. The number of likely N-dealkylation sites (tertiary alicyclic amines) is 1. The number of aromatic nitrogens is 4. The molecule has 1 amide bonds. The van der Waals surface area contributed by atoms with Crippen molar-refractivity contribution in [2.75, 3.05) is 11.9 Å². The molecule has 1 aliphatic carbocycles. The zero-order chi connectivity index (χ0) is 23.1. The number of aliphatic hydroxyl groups excluding tert-OH is 1. The van der Waals surface area contributed by atoms with Gasteiger partial charge in [0.2, 0.25) is 0 Å². The molecule has 1 aromatic carbocycles. The first-order valence-corrected chi connectivity index (χ1v) is 10.7. The summed E-state index contributed by atoms with van der Waals surface area (Å²) in [4.78, 5) is 23.2. The fraction of sp³-hybridized carbons (Fsp3) is 0.409. The van der Waals surface area contributed by atoms with E-state index in [-0.39, 0.29) is 35.9 Å². The van der Waals surface area contributed by atoms with E-state index in [0.29, 0.717) is 23.2 Å². The van der Waals surface area contributed by atoms with Crippen molar-refractivity contribution in [1.29, 1.82) is 5.26 Å². The average Bonchev–Trinajstić information content (AvgIpc) is 3.52. The SMILES string of the molecule is N#Cc1cc(F)cc([C@H]2C[C@H](F)CN2C(=O)c2[nH]nc3ncnc(N[C@@H]4CCC[C@H]4O)c23)c1. The number of aromatic amines is 1. The van der Waals surface area contributed by atoms with Crippen LogP contribution in [0.3, 0.4) is 0 Å². The molecule has 5 rings (SSSR count). The summed E-state index contributed by atoms with van der Waals surface area (Å²) in [6.45, 7) is -0.180. The number of fused-ring (bicyclic) bond motifs is 1. The Morgan fingerprint density at radius 1 is 1.30 bits per heavy atom. The fourth-order valence-electron chi connectivity index (χ4n) is 4.74. The number of amides is 1. The van der Waals surface area contributed by atoms with Crippen LogP contribution in [0.25, 0.3) is 11.0 Å². The van der Waals surface area contributed by atoms with Crippen LogP contribution in [0, 0.1) is 17.1 Å². The molecule has 4 atom stereocenters. The molecule has 3 N–H and O–H groups in total. The van der Waals surface area contributed by atoms with E-state index in [1.165, 1.54) is 23.4 Å². The van der Waals surface area contributed by atoms with Gasteiger partial charge >= 0.3 is 0 Å². The van der Waals surface area contributed by atoms with Crippen molar-refractivity contribution < 1.29 is 18.7 Å². The van der Waals surface area contributed by atoms with Gasteiger partial charge in [-0.2, -0.15) is 10.4 Å². The third-order valence-corrected chi connectivity index (χ3v) is 6.31. The molecule has 33 heavy (non-hydrogen) atoms. The lowest BCUT2D eigenvalue weighted by Crippen LogP contribution is -2.32. The van der Waals surface area contributed by atoms with Gasteiger partial charge in [0.15, 0.2) is 5.65 Å². The van der Waals surface area contributed by atoms with E-state index in [2.05, 4.69) is 25.5 Å². The molecule has 11 heteroatoms. The van der Waals surface area contributed by atoms with Crippen LogP contribution in [-0.2, 0) is 0 Å². The van der Waals surface area contributed by atoms with Crippen molar-refractivity contribution in [3.63, 3.8) is 0 Å². The Labute approximate surface area is 187 Å². The van der Waals surface area contributed by atoms with E-state index in [1.807, 2.05) is 6.07 Å². The van der Waals surface area contributed by atoms with Crippen molar-refractivity contribution in [1.82, 2.24) is 25.1 Å². The van der Waals surface area contributed by atoms with Gasteiger partial charge in [0.25, 0.3) is 5.91 Å². The van der Waals surface area contributed by atoms with Crippen molar-refractivity contribution in [2.45, 2.75) is 50.0 Å². The Bertz CT molecular complexity index is 1260. The summed E-state index contributed by atoms with van der Waals surface area (Å²) in [6.07, 6.45) is 1.77. The van der Waals surface area contributed by atoms with Crippen LogP contribution in [0.4, 0.5) is 14.6 Å². The normalized spacial score (nSPS) is 24.8. The van der Waals surface area contributed by atoms with E-state index in [0.717, 1.165) is 18.9 Å². The summed E-state index contributed by atoms with van der Waals surface area (Å²) in [6, 6.07) is 4.70. The Morgan fingerprint density at radius 2 is 2.15 bits per heavy atom. The number of rotatable bonds is 4. The number of hydrogen-bond donors (Lipinski definition) is 3. The molecular formula is C22H21F2N7O2. The molecule has 9 nitrogen and oxygen atoms in total. The first-order chi connectivity index (χ1) is 15.9. The summed E-state index contributed by atoms with van der Waals surface area (Å²) >= 11 is 0. The predicted octanol–water partition coefficient (Wildman–Crippen LogP) is 2.61. The number of nitrogens with one attached hydrogen (secondary N) is 2. The van der Waals surface area contributed by atoms with Crippen LogP contribution in [-0.4, -0.2) is 60.9 Å². The number of benzene rings is 1. The standard InChI is InChI=1S/C22H21F2N7O2/c23-13-5-11(8-25)4-12(6-13)16-7-14(24)9-31(16)22(33)19-18-20(26-10-27-21(18)30-29-19)28-15-2-1-3-17(15)32/h4-6,10,14-17,32H,1-3,7,9H2,(H2,26,27,28,29,30)/t14-,15+,16+,17+/m0/s1. The van der Waals surface area contributed by atoms with Gasteiger partial charge in [-0.1, -0.05) is 0 Å². The van der Waals surface area contributed by atoms with Crippen molar-refractivity contribution in [2.24, 2.45) is 0 Å². The topological polar surface area (TPSA) is 131 Å². The zero-order valence-corrected chi connectivity index (χ0v) is 17.5. The van der Waals surface area contributed by atoms with Crippen molar-refractivity contribution in [3.05, 3.63) is 47.2 Å². The van der Waals surface area contributed by atoms with Crippen molar-refractivity contribution >= 4 is 22.8 Å². The number of anilines is 1. The van der Waals surface area contributed by atoms with Crippen molar-refractivity contribution in [3.8, 4) is 6.07 Å². The number of hydrogen-bond acceptors (Lipinski definition) is 7. The Morgan fingerprint density at radius 3 is 2.91 bits per heavy atom. The Hall–Kier alpha value is -3.65. The van der Waals surface area contributed by atoms with Gasteiger partial charge in [-0.15, -0.1) is 0 Å². The molecule has 0 spiro atoms. The second-order valence-electron chi connectivity index (χ2n) is 8.46. The van der Waals surface area contributed by atoms with Gasteiger partial charge in [-0.3, -0.25) is 9.89 Å². The largest absolute Gasteiger partial charge is 0.391 e. The van der Waals surface area contributed by atoms with Gasteiger partial charge in [-0.05, 0) is 43.0 Å². The smallest absolute Gasteiger partial charge is 0.273 e. The molecule has 170 valence electrons. The minimum absolute atomic E-state index is 0.0119. The molecule has 2 aliphatic rings. The Kier molecular flexibility index (Phi) is 5.38. The average molecular weight is 453 g/mol. The molecule has 1 saturated carbocycles. The second kappa shape index (κ2) is 8.37. The molecule has 0 unspecified atom stereocenters. The van der Waals surface area contributed by atoms with Crippen LogP contribution in [0.15, 0.2) is 24.5 Å². The molecule has 1 saturated heterocycles. The number of alkyl halides is 1. The third kappa shape index (κ3) is 3.87. The second-order valence-corrected chi connectivity index (χ2v) is 8.46. The predicted molar refractivity (Wildman–Crippen MR) is 113 cm³/mol. The summed E-state index contributed by atoms with van der Waals surface area (Å²) in [7, 11) is 0. The number of carbonyl (C=O) groups excluding carboxylic acids is 1. The lowest BCUT2D eigenvalue weighted by atomic mass is 10.0. The maximum Gasteiger partial charge on any atom is 0.273 e. The minimum atomic E-state index is -1.30. The van der Waals surface area contributed by atoms with E-state index in [1.54, 1.807) is 0 Å². The van der Waals surface area contributed by atoms with E-state index in [4.69, 9.17) is 5.26 Å². The fourth-order valence-corrected chi connectivity index (χ4v) is 4.74. The number of carbonyl (C=O) groups is 1. The van der Waals surface area contributed by atoms with Gasteiger partial charge in [0, 0.05) is 6.42 Å². The highest BCUT2D eigenvalue weighted by Crippen LogP contribution is 2.37. The van der Waals surface area contributed by atoms with Gasteiger partial charge in [0.1, 0.15) is 29.8 Å². The van der Waals surface area contributed by atoms with Gasteiger partial charge in [-0.25, -0.2) is 18.7 Å². The van der Waals surface area contributed by atoms with Crippen LogP contribution >= 0.6 is 0 Å². The quantitative estimate of drug-likeness (QED) is 0.553. The minimum Gasteiger partial charge on any atom is -0.391 e. The van der Waals surface area contributed by atoms with Crippen LogP contribution < -0.4 is 5.32 Å². The highest BCUT2D eigenvalue weighted by molar-refractivity contribution is 6.07. The highest BCUT2D eigenvalue weighted by atomic mass is 19.1. The lowest BCUT2D eigenvalue weighted by molar-refractivity contribution is 0.0724. The van der Waals surface area contributed by atoms with E-state index in [9.17, 15) is 18.7 Å². The molecular weight excluding hydrogens is 432 g/mol. The Balaban J connectivity index is 1.51. The van der Waals surface area contributed by atoms with Gasteiger partial charge in [0.05, 0.1) is 41.8 Å². The maximum atomic E-state index is 14.5. The number of nitrogens with zero attached hydrogens (tertiary/aromatic N) is 5. The summed E-state index contributed by atoms with van der Waals surface area (Å²) < 4.78 is 28.5. The van der Waals surface area contributed by atoms with Crippen LogP contribution in [0.1, 0.15) is 53.3 Å². The van der Waals surface area contributed by atoms with Crippen LogP contribution in [0.2, 0.25) is 0 Å². The van der Waals surface area contributed by atoms with Crippen LogP contribution in [0.5, 0.6) is 0 Å².